The first kappa shape index (κ1) is 9.15. The van der Waals surface area contributed by atoms with Gasteiger partial charge in [-0.1, -0.05) is 12.1 Å². The molecular weight excluding hydrogens is 204 g/mol. The molecule has 80 valence electrons. The highest BCUT2D eigenvalue weighted by Gasteiger charge is 2.20. The van der Waals surface area contributed by atoms with E-state index in [1.165, 1.54) is 0 Å². The Labute approximate surface area is 91.5 Å². The lowest BCUT2D eigenvalue weighted by Crippen LogP contribution is -2.14. The molecule has 0 amide bonds. The van der Waals surface area contributed by atoms with Crippen molar-refractivity contribution in [2.45, 2.75) is 13.0 Å². The zero-order valence-electron chi connectivity index (χ0n) is 8.55. The van der Waals surface area contributed by atoms with Gasteiger partial charge in [-0.05, 0) is 18.6 Å². The molecular formula is C12H10N2O2. The third kappa shape index (κ3) is 1.10. The molecule has 16 heavy (non-hydrogen) atoms. The molecule has 0 saturated carbocycles. The monoisotopic (exact) mass is 214 g/mol. The lowest BCUT2D eigenvalue weighted by atomic mass is 10.2. The summed E-state index contributed by atoms with van der Waals surface area (Å²) >= 11 is 0. The van der Waals surface area contributed by atoms with Crippen LogP contribution in [-0.2, 0) is 6.54 Å². The van der Waals surface area contributed by atoms with E-state index in [4.69, 9.17) is 5.11 Å². The number of aryl methyl sites for hydroxylation is 1. The van der Waals surface area contributed by atoms with Crippen LogP contribution in [0.4, 0.5) is 0 Å². The van der Waals surface area contributed by atoms with Crippen molar-refractivity contribution in [1.82, 2.24) is 9.55 Å². The molecule has 1 aliphatic rings. The minimum absolute atomic E-state index is 0.233. The second-order valence-electron chi connectivity index (χ2n) is 3.81. The fraction of sp³-hybridized carbons (Fsp3) is 0.167. The van der Waals surface area contributed by atoms with Crippen LogP contribution < -0.4 is 5.56 Å². The van der Waals surface area contributed by atoms with Gasteiger partial charge in [-0.25, -0.2) is 0 Å². The van der Waals surface area contributed by atoms with E-state index in [2.05, 4.69) is 4.98 Å². The summed E-state index contributed by atoms with van der Waals surface area (Å²) in [6, 6.07) is 7.41. The SMILES string of the molecule is O=c1nc2n(c3ccccc13)CC/C2=C\O. The van der Waals surface area contributed by atoms with Gasteiger partial charge < -0.3 is 9.67 Å². The Bertz CT molecular complexity index is 656. The Morgan fingerprint density at radius 3 is 3.00 bits per heavy atom. The number of aliphatic hydroxyl groups excluding tert-OH is 1. The number of allylic oxidation sites excluding steroid dienone is 1. The van der Waals surface area contributed by atoms with Crippen LogP contribution in [0.2, 0.25) is 0 Å². The van der Waals surface area contributed by atoms with E-state index in [9.17, 15) is 4.79 Å². The number of aliphatic hydroxyl groups is 1. The molecule has 0 bridgehead atoms. The smallest absolute Gasteiger partial charge is 0.281 e. The molecule has 0 spiro atoms. The van der Waals surface area contributed by atoms with Crippen molar-refractivity contribution in [3.63, 3.8) is 0 Å². The molecule has 1 aliphatic heterocycles. The molecule has 1 aromatic heterocycles. The summed E-state index contributed by atoms with van der Waals surface area (Å²) in [6.07, 6.45) is 1.76. The average Bonchev–Trinajstić information content (AvgIpc) is 2.72. The Hall–Kier alpha value is -2.10. The van der Waals surface area contributed by atoms with Gasteiger partial charge in [0.1, 0.15) is 5.82 Å². The maximum atomic E-state index is 11.8. The Balaban J connectivity index is 2.48. The van der Waals surface area contributed by atoms with Crippen LogP contribution in [0.5, 0.6) is 0 Å². The standard InChI is InChI=1S/C12H10N2O2/c15-7-8-5-6-14-10-4-2-1-3-9(10)12(16)13-11(8)14/h1-4,7,15H,5-6H2/b8-7+. The summed E-state index contributed by atoms with van der Waals surface area (Å²) in [6.45, 7) is 0.759. The van der Waals surface area contributed by atoms with Gasteiger partial charge in [-0.2, -0.15) is 4.98 Å². The first-order valence-electron chi connectivity index (χ1n) is 5.14. The molecule has 0 atom stereocenters. The molecule has 2 aromatic rings. The van der Waals surface area contributed by atoms with Crippen LogP contribution in [0, 0.1) is 0 Å². The van der Waals surface area contributed by atoms with Crippen LogP contribution in [-0.4, -0.2) is 14.7 Å². The lowest BCUT2D eigenvalue weighted by Gasteiger charge is -2.06. The second-order valence-corrected chi connectivity index (χ2v) is 3.81. The van der Waals surface area contributed by atoms with Gasteiger partial charge >= 0.3 is 0 Å². The molecule has 0 saturated heterocycles. The maximum Gasteiger partial charge on any atom is 0.281 e. The van der Waals surface area contributed by atoms with Crippen LogP contribution >= 0.6 is 0 Å². The van der Waals surface area contributed by atoms with Crippen molar-refractivity contribution in [3.05, 3.63) is 46.7 Å². The molecule has 1 N–H and O–H groups in total. The van der Waals surface area contributed by atoms with Gasteiger partial charge in [0, 0.05) is 12.1 Å². The number of para-hydroxylation sites is 1. The summed E-state index contributed by atoms with van der Waals surface area (Å²) in [5, 5.41) is 9.69. The van der Waals surface area contributed by atoms with Crippen molar-refractivity contribution in [2.75, 3.05) is 0 Å². The predicted molar refractivity (Wildman–Crippen MR) is 61.2 cm³/mol. The maximum absolute atomic E-state index is 11.8. The zero-order valence-corrected chi connectivity index (χ0v) is 8.55. The van der Waals surface area contributed by atoms with Crippen LogP contribution in [0.1, 0.15) is 12.2 Å². The largest absolute Gasteiger partial charge is 0.515 e. The minimum Gasteiger partial charge on any atom is -0.515 e. The number of rotatable bonds is 0. The number of nitrogens with zero attached hydrogens (tertiary/aromatic N) is 2. The normalized spacial score (nSPS) is 16.9. The van der Waals surface area contributed by atoms with Crippen molar-refractivity contribution in [2.24, 2.45) is 0 Å². The van der Waals surface area contributed by atoms with Gasteiger partial charge in [0.2, 0.25) is 0 Å². The highest BCUT2D eigenvalue weighted by atomic mass is 16.2. The molecule has 2 heterocycles. The Morgan fingerprint density at radius 2 is 2.19 bits per heavy atom. The summed E-state index contributed by atoms with van der Waals surface area (Å²) in [7, 11) is 0. The fourth-order valence-electron chi connectivity index (χ4n) is 2.16. The summed E-state index contributed by atoms with van der Waals surface area (Å²) < 4.78 is 1.97. The molecule has 0 fully saturated rings. The third-order valence-electron chi connectivity index (χ3n) is 2.94. The molecule has 0 radical (unpaired) electrons. The van der Waals surface area contributed by atoms with E-state index in [0.717, 1.165) is 30.3 Å². The second kappa shape index (κ2) is 3.20. The van der Waals surface area contributed by atoms with E-state index < -0.39 is 0 Å². The van der Waals surface area contributed by atoms with Crippen molar-refractivity contribution >= 4 is 16.5 Å². The van der Waals surface area contributed by atoms with Gasteiger partial charge in [0.25, 0.3) is 5.56 Å². The van der Waals surface area contributed by atoms with E-state index in [1.807, 2.05) is 22.8 Å². The van der Waals surface area contributed by atoms with Crippen molar-refractivity contribution in [1.29, 1.82) is 0 Å². The summed E-state index contributed by atoms with van der Waals surface area (Å²) in [4.78, 5) is 15.8. The van der Waals surface area contributed by atoms with Gasteiger partial charge in [0.15, 0.2) is 0 Å². The van der Waals surface area contributed by atoms with E-state index in [1.54, 1.807) is 6.07 Å². The average molecular weight is 214 g/mol. The van der Waals surface area contributed by atoms with Crippen LogP contribution in [0.3, 0.4) is 0 Å². The summed E-state index contributed by atoms with van der Waals surface area (Å²) in [5.41, 5.74) is 1.38. The van der Waals surface area contributed by atoms with E-state index in [-0.39, 0.29) is 5.56 Å². The fourth-order valence-corrected chi connectivity index (χ4v) is 2.16. The van der Waals surface area contributed by atoms with E-state index >= 15 is 0 Å². The first-order chi connectivity index (χ1) is 7.81. The molecule has 1 aromatic carbocycles. The third-order valence-corrected chi connectivity index (χ3v) is 2.94. The quantitative estimate of drug-likeness (QED) is 0.679. The molecule has 4 nitrogen and oxygen atoms in total. The highest BCUT2D eigenvalue weighted by molar-refractivity contribution is 5.80. The topological polar surface area (TPSA) is 55.1 Å². The molecule has 0 aliphatic carbocycles. The number of hydrogen-bond acceptors (Lipinski definition) is 3. The number of hydrogen-bond donors (Lipinski definition) is 1. The van der Waals surface area contributed by atoms with Crippen LogP contribution in [0.15, 0.2) is 35.3 Å². The molecule has 3 rings (SSSR count). The first-order valence-corrected chi connectivity index (χ1v) is 5.14. The van der Waals surface area contributed by atoms with Gasteiger partial charge in [0.05, 0.1) is 17.2 Å². The number of benzene rings is 1. The van der Waals surface area contributed by atoms with Gasteiger partial charge in [-0.15, -0.1) is 0 Å². The lowest BCUT2D eigenvalue weighted by molar-refractivity contribution is 0.474. The minimum atomic E-state index is -0.233. The number of aromatic nitrogens is 2. The Kier molecular flexibility index (Phi) is 1.83. The Morgan fingerprint density at radius 1 is 1.38 bits per heavy atom. The zero-order chi connectivity index (χ0) is 11.1. The summed E-state index contributed by atoms with van der Waals surface area (Å²) in [5.74, 6) is 0.589. The predicted octanol–water partition coefficient (Wildman–Crippen LogP) is 1.70. The highest BCUT2D eigenvalue weighted by Crippen LogP contribution is 2.26. The van der Waals surface area contributed by atoms with Crippen molar-refractivity contribution in [3.8, 4) is 0 Å². The molecule has 4 heteroatoms. The molecule has 0 unspecified atom stereocenters. The van der Waals surface area contributed by atoms with E-state index in [0.29, 0.717) is 11.2 Å². The van der Waals surface area contributed by atoms with Crippen LogP contribution in [0.25, 0.3) is 16.5 Å². The number of fused-ring (bicyclic) bond motifs is 3. The van der Waals surface area contributed by atoms with Gasteiger partial charge in [-0.3, -0.25) is 4.79 Å². The van der Waals surface area contributed by atoms with Crippen molar-refractivity contribution < 1.29 is 5.11 Å².